The van der Waals surface area contributed by atoms with E-state index in [1.807, 2.05) is 13.8 Å². The van der Waals surface area contributed by atoms with Crippen molar-refractivity contribution in [2.45, 2.75) is 20.8 Å². The van der Waals surface area contributed by atoms with Gasteiger partial charge in [0.2, 0.25) is 0 Å². The molecule has 1 unspecified atom stereocenters. The second-order valence-corrected chi connectivity index (χ2v) is 4.63. The molecule has 0 heterocycles. The standard InChI is InChI=1S/C14H23NO6/c1-5-12(16)19-7-6-15-14(18)21-9-8-20-13(17)11(4)10(2)3/h5,10-11H,1,6-9H2,2-4H3,(H,15,18). The van der Waals surface area contributed by atoms with Crippen LogP contribution >= 0.6 is 0 Å². The lowest BCUT2D eigenvalue weighted by Gasteiger charge is -2.14. The molecule has 1 atom stereocenters. The Morgan fingerprint density at radius 1 is 1.05 bits per heavy atom. The minimum Gasteiger partial charge on any atom is -0.462 e. The van der Waals surface area contributed by atoms with Gasteiger partial charge in [0, 0.05) is 6.08 Å². The van der Waals surface area contributed by atoms with E-state index in [-0.39, 0.29) is 44.2 Å². The predicted molar refractivity (Wildman–Crippen MR) is 75.5 cm³/mol. The molecule has 0 fully saturated rings. The zero-order valence-corrected chi connectivity index (χ0v) is 12.7. The van der Waals surface area contributed by atoms with Gasteiger partial charge in [0.05, 0.1) is 12.5 Å². The Labute approximate surface area is 124 Å². The molecule has 0 aliphatic rings. The lowest BCUT2D eigenvalue weighted by atomic mass is 9.99. The fraction of sp³-hybridized carbons (Fsp3) is 0.643. The molecule has 7 heteroatoms. The van der Waals surface area contributed by atoms with Crippen LogP contribution in [0.2, 0.25) is 0 Å². The molecule has 1 amide bonds. The number of carbonyl (C=O) groups is 3. The van der Waals surface area contributed by atoms with Crippen molar-refractivity contribution in [2.24, 2.45) is 11.8 Å². The number of ether oxygens (including phenoxy) is 3. The van der Waals surface area contributed by atoms with Gasteiger partial charge in [-0.3, -0.25) is 4.79 Å². The molecule has 0 saturated heterocycles. The van der Waals surface area contributed by atoms with Gasteiger partial charge in [-0.25, -0.2) is 9.59 Å². The maximum Gasteiger partial charge on any atom is 0.407 e. The van der Waals surface area contributed by atoms with Crippen LogP contribution < -0.4 is 5.32 Å². The fourth-order valence-electron chi connectivity index (χ4n) is 1.09. The summed E-state index contributed by atoms with van der Waals surface area (Å²) in [5, 5.41) is 2.38. The van der Waals surface area contributed by atoms with Gasteiger partial charge < -0.3 is 19.5 Å². The van der Waals surface area contributed by atoms with Crippen LogP contribution in [0.15, 0.2) is 12.7 Å². The van der Waals surface area contributed by atoms with Crippen molar-refractivity contribution in [3.05, 3.63) is 12.7 Å². The van der Waals surface area contributed by atoms with Gasteiger partial charge in [-0.05, 0) is 5.92 Å². The molecule has 0 aromatic rings. The third-order valence-corrected chi connectivity index (χ3v) is 2.71. The van der Waals surface area contributed by atoms with Crippen LogP contribution in [0.1, 0.15) is 20.8 Å². The largest absolute Gasteiger partial charge is 0.462 e. The zero-order chi connectivity index (χ0) is 16.3. The second kappa shape index (κ2) is 10.7. The summed E-state index contributed by atoms with van der Waals surface area (Å²) < 4.78 is 14.4. The number of hydrogen-bond acceptors (Lipinski definition) is 6. The van der Waals surface area contributed by atoms with E-state index in [0.29, 0.717) is 0 Å². The van der Waals surface area contributed by atoms with E-state index < -0.39 is 12.1 Å². The molecule has 1 N–H and O–H groups in total. The Hall–Kier alpha value is -2.05. The molecular weight excluding hydrogens is 278 g/mol. The Kier molecular flexibility index (Phi) is 9.66. The highest BCUT2D eigenvalue weighted by atomic mass is 16.6. The molecule has 7 nitrogen and oxygen atoms in total. The van der Waals surface area contributed by atoms with Gasteiger partial charge in [0.25, 0.3) is 0 Å². The molecule has 0 spiro atoms. The smallest absolute Gasteiger partial charge is 0.407 e. The van der Waals surface area contributed by atoms with Crippen molar-refractivity contribution in [1.82, 2.24) is 5.32 Å². The van der Waals surface area contributed by atoms with Crippen molar-refractivity contribution in [3.8, 4) is 0 Å². The Balaban J connectivity index is 3.60. The molecule has 0 aromatic carbocycles. The minimum absolute atomic E-state index is 0.00869. The predicted octanol–water partition coefficient (Wildman–Crippen LogP) is 1.28. The van der Waals surface area contributed by atoms with Crippen LogP contribution in [0, 0.1) is 11.8 Å². The quantitative estimate of drug-likeness (QED) is 0.298. The van der Waals surface area contributed by atoms with Gasteiger partial charge >= 0.3 is 18.0 Å². The Morgan fingerprint density at radius 2 is 1.67 bits per heavy atom. The van der Waals surface area contributed by atoms with Gasteiger partial charge in [-0.1, -0.05) is 27.4 Å². The van der Waals surface area contributed by atoms with Crippen LogP contribution in [0.4, 0.5) is 4.79 Å². The second-order valence-electron chi connectivity index (χ2n) is 4.63. The molecule has 0 aliphatic carbocycles. The molecule has 21 heavy (non-hydrogen) atoms. The normalized spacial score (nSPS) is 11.4. The highest BCUT2D eigenvalue weighted by molar-refractivity contribution is 5.81. The zero-order valence-electron chi connectivity index (χ0n) is 12.7. The number of carbonyl (C=O) groups excluding carboxylic acids is 3. The first-order valence-electron chi connectivity index (χ1n) is 6.75. The van der Waals surface area contributed by atoms with Crippen LogP contribution in [-0.2, 0) is 23.8 Å². The van der Waals surface area contributed by atoms with E-state index in [4.69, 9.17) is 9.47 Å². The number of esters is 2. The summed E-state index contributed by atoms with van der Waals surface area (Å²) >= 11 is 0. The van der Waals surface area contributed by atoms with E-state index in [2.05, 4.69) is 16.6 Å². The molecule has 0 bridgehead atoms. The maximum absolute atomic E-state index is 11.5. The van der Waals surface area contributed by atoms with Crippen molar-refractivity contribution in [1.29, 1.82) is 0 Å². The summed E-state index contributed by atoms with van der Waals surface area (Å²) in [6.45, 7) is 9.00. The number of rotatable bonds is 9. The molecular formula is C14H23NO6. The third kappa shape index (κ3) is 9.48. The SMILES string of the molecule is C=CC(=O)OCCNC(=O)OCCOC(=O)C(C)C(C)C. The van der Waals surface area contributed by atoms with Gasteiger partial charge in [0.1, 0.15) is 19.8 Å². The molecule has 120 valence electrons. The first-order chi connectivity index (χ1) is 9.88. The summed E-state index contributed by atoms with van der Waals surface area (Å²) in [7, 11) is 0. The number of hydrogen-bond donors (Lipinski definition) is 1. The van der Waals surface area contributed by atoms with E-state index in [9.17, 15) is 14.4 Å². The number of alkyl carbamates (subject to hydrolysis) is 1. The summed E-state index contributed by atoms with van der Waals surface area (Å²) in [5.74, 6) is -0.875. The van der Waals surface area contributed by atoms with E-state index in [0.717, 1.165) is 6.08 Å². The first kappa shape index (κ1) is 18.9. The first-order valence-corrected chi connectivity index (χ1v) is 6.75. The lowest BCUT2D eigenvalue weighted by Crippen LogP contribution is -2.30. The van der Waals surface area contributed by atoms with Crippen molar-refractivity contribution in [2.75, 3.05) is 26.4 Å². The van der Waals surface area contributed by atoms with Crippen LogP contribution in [0.3, 0.4) is 0 Å². The van der Waals surface area contributed by atoms with Crippen LogP contribution in [0.25, 0.3) is 0 Å². The average Bonchev–Trinajstić information content (AvgIpc) is 2.46. The number of nitrogens with one attached hydrogen (secondary N) is 1. The van der Waals surface area contributed by atoms with E-state index in [1.165, 1.54) is 0 Å². The Bertz CT molecular complexity index is 366. The van der Waals surface area contributed by atoms with E-state index in [1.54, 1.807) is 6.92 Å². The van der Waals surface area contributed by atoms with E-state index >= 15 is 0 Å². The third-order valence-electron chi connectivity index (χ3n) is 2.71. The molecule has 0 rings (SSSR count). The fourth-order valence-corrected chi connectivity index (χ4v) is 1.09. The minimum atomic E-state index is -0.669. The summed E-state index contributed by atoms with van der Waals surface area (Å²) in [4.78, 5) is 33.4. The Morgan fingerprint density at radius 3 is 2.24 bits per heavy atom. The monoisotopic (exact) mass is 301 g/mol. The van der Waals surface area contributed by atoms with Crippen molar-refractivity contribution in [3.63, 3.8) is 0 Å². The van der Waals surface area contributed by atoms with Crippen LogP contribution in [-0.4, -0.2) is 44.4 Å². The molecule has 0 radical (unpaired) electrons. The van der Waals surface area contributed by atoms with Crippen molar-refractivity contribution >= 4 is 18.0 Å². The highest BCUT2D eigenvalue weighted by Crippen LogP contribution is 2.10. The average molecular weight is 301 g/mol. The van der Waals surface area contributed by atoms with Gasteiger partial charge in [-0.2, -0.15) is 0 Å². The number of amides is 1. The summed E-state index contributed by atoms with van der Waals surface area (Å²) in [6.07, 6.45) is 0.364. The maximum atomic E-state index is 11.5. The molecule has 0 aromatic heterocycles. The highest BCUT2D eigenvalue weighted by Gasteiger charge is 2.17. The van der Waals surface area contributed by atoms with Gasteiger partial charge in [-0.15, -0.1) is 0 Å². The van der Waals surface area contributed by atoms with Crippen LogP contribution in [0.5, 0.6) is 0 Å². The van der Waals surface area contributed by atoms with Crippen molar-refractivity contribution < 1.29 is 28.6 Å². The molecule has 0 saturated carbocycles. The lowest BCUT2D eigenvalue weighted by molar-refractivity contribution is -0.150. The summed E-state index contributed by atoms with van der Waals surface area (Å²) in [5.41, 5.74) is 0. The molecule has 0 aliphatic heterocycles. The summed E-state index contributed by atoms with van der Waals surface area (Å²) in [6, 6.07) is 0. The topological polar surface area (TPSA) is 90.9 Å². The van der Waals surface area contributed by atoms with Gasteiger partial charge in [0.15, 0.2) is 0 Å².